The molecule has 1 aromatic heterocycles. The quantitative estimate of drug-likeness (QED) is 0.533. The maximum atomic E-state index is 13.1. The number of aryl methyl sites for hydroxylation is 1. The summed E-state index contributed by atoms with van der Waals surface area (Å²) in [4.78, 5) is 13.3. The number of hydrogen-bond acceptors (Lipinski definition) is 5. The second-order valence-electron chi connectivity index (χ2n) is 7.97. The molecule has 33 heavy (non-hydrogen) atoms. The van der Waals surface area contributed by atoms with Gasteiger partial charge in [0, 0.05) is 35.7 Å². The van der Waals surface area contributed by atoms with Gasteiger partial charge < -0.3 is 5.32 Å². The highest BCUT2D eigenvalue weighted by molar-refractivity contribution is 7.98. The highest BCUT2D eigenvalue weighted by atomic mass is 32.2. The molecule has 0 aliphatic carbocycles. The molecule has 1 aliphatic rings. The standard InChI is InChI=1S/C24H28N4O3S2/c1-5-27(6-2)33(30,31)19-12-10-18(11-13-19)24(29)25-23-20-14-32-15-21(20)26-28(23)22-9-7-8-16(3)17(22)4/h7-13H,5-6,14-15H2,1-4H3,(H,25,29). The first-order chi connectivity index (χ1) is 15.8. The van der Waals surface area contributed by atoms with Crippen LogP contribution in [0.3, 0.4) is 0 Å². The minimum atomic E-state index is -3.57. The molecule has 9 heteroatoms. The third-order valence-electron chi connectivity index (χ3n) is 6.05. The molecular weight excluding hydrogens is 456 g/mol. The molecule has 7 nitrogen and oxygen atoms in total. The SMILES string of the molecule is CCN(CC)S(=O)(=O)c1ccc(C(=O)Nc2c3c(nn2-c2cccc(C)c2C)CSC3)cc1. The van der Waals surface area contributed by atoms with Crippen molar-refractivity contribution in [1.29, 1.82) is 0 Å². The van der Waals surface area contributed by atoms with Crippen molar-refractivity contribution in [3.63, 3.8) is 0 Å². The summed E-state index contributed by atoms with van der Waals surface area (Å²) in [6.45, 7) is 8.50. The Morgan fingerprint density at radius 1 is 1.09 bits per heavy atom. The molecule has 1 amide bonds. The Balaban J connectivity index is 1.65. The minimum absolute atomic E-state index is 0.181. The third kappa shape index (κ3) is 4.32. The summed E-state index contributed by atoms with van der Waals surface area (Å²) < 4.78 is 28.7. The van der Waals surface area contributed by atoms with E-state index < -0.39 is 10.0 Å². The third-order valence-corrected chi connectivity index (χ3v) is 9.08. The molecule has 0 bridgehead atoms. The molecule has 0 unspecified atom stereocenters. The molecule has 0 saturated heterocycles. The fourth-order valence-corrected chi connectivity index (χ4v) is 6.44. The topological polar surface area (TPSA) is 84.3 Å². The zero-order valence-corrected chi connectivity index (χ0v) is 20.9. The van der Waals surface area contributed by atoms with Crippen LogP contribution in [-0.4, -0.2) is 41.5 Å². The van der Waals surface area contributed by atoms with E-state index in [0.717, 1.165) is 39.6 Å². The second-order valence-corrected chi connectivity index (χ2v) is 10.9. The second kappa shape index (κ2) is 9.32. The Bertz CT molecular complexity index is 1290. The van der Waals surface area contributed by atoms with Crippen LogP contribution < -0.4 is 5.32 Å². The van der Waals surface area contributed by atoms with Crippen molar-refractivity contribution in [3.05, 3.63) is 70.4 Å². The number of carbonyl (C=O) groups is 1. The van der Waals surface area contributed by atoms with E-state index in [1.807, 2.05) is 23.7 Å². The van der Waals surface area contributed by atoms with Gasteiger partial charge in [0.2, 0.25) is 10.0 Å². The maximum absolute atomic E-state index is 13.1. The van der Waals surface area contributed by atoms with E-state index in [1.54, 1.807) is 37.7 Å². The van der Waals surface area contributed by atoms with Crippen LogP contribution in [0.15, 0.2) is 47.4 Å². The number of nitrogens with one attached hydrogen (secondary N) is 1. The number of sulfonamides is 1. The molecule has 0 spiro atoms. The highest BCUT2D eigenvalue weighted by Gasteiger charge is 2.26. The van der Waals surface area contributed by atoms with Crippen LogP contribution in [0.4, 0.5) is 5.82 Å². The van der Waals surface area contributed by atoms with E-state index in [4.69, 9.17) is 5.10 Å². The summed E-state index contributed by atoms with van der Waals surface area (Å²) in [6, 6.07) is 12.1. The van der Waals surface area contributed by atoms with Crippen LogP contribution >= 0.6 is 11.8 Å². The normalized spacial score (nSPS) is 13.4. The van der Waals surface area contributed by atoms with Crippen molar-refractivity contribution in [2.45, 2.75) is 44.1 Å². The molecule has 0 radical (unpaired) electrons. The number of rotatable bonds is 7. The Kier molecular flexibility index (Phi) is 6.65. The lowest BCUT2D eigenvalue weighted by atomic mass is 10.1. The Morgan fingerprint density at radius 2 is 1.79 bits per heavy atom. The van der Waals surface area contributed by atoms with Crippen molar-refractivity contribution >= 4 is 33.5 Å². The molecule has 0 saturated carbocycles. The average molecular weight is 485 g/mol. The molecule has 1 aliphatic heterocycles. The maximum Gasteiger partial charge on any atom is 0.256 e. The summed E-state index contributed by atoms with van der Waals surface area (Å²) >= 11 is 1.77. The van der Waals surface area contributed by atoms with Gasteiger partial charge in [0.1, 0.15) is 5.82 Å². The van der Waals surface area contributed by atoms with Gasteiger partial charge in [0.15, 0.2) is 0 Å². The minimum Gasteiger partial charge on any atom is -0.306 e. The van der Waals surface area contributed by atoms with Gasteiger partial charge in [-0.3, -0.25) is 4.79 Å². The van der Waals surface area contributed by atoms with Crippen molar-refractivity contribution in [3.8, 4) is 5.69 Å². The molecule has 174 valence electrons. The number of nitrogens with zero attached hydrogens (tertiary/aromatic N) is 3. The number of fused-ring (bicyclic) bond motifs is 1. The van der Waals surface area contributed by atoms with Crippen molar-refractivity contribution in [2.75, 3.05) is 18.4 Å². The monoisotopic (exact) mass is 484 g/mol. The van der Waals surface area contributed by atoms with Gasteiger partial charge in [-0.15, -0.1) is 0 Å². The average Bonchev–Trinajstić information content (AvgIpc) is 3.39. The van der Waals surface area contributed by atoms with E-state index in [-0.39, 0.29) is 10.8 Å². The van der Waals surface area contributed by atoms with Crippen LogP contribution in [-0.2, 0) is 21.5 Å². The molecule has 0 fully saturated rings. The van der Waals surface area contributed by atoms with Crippen LogP contribution in [0.1, 0.15) is 46.6 Å². The van der Waals surface area contributed by atoms with E-state index in [9.17, 15) is 13.2 Å². The van der Waals surface area contributed by atoms with Gasteiger partial charge in [0.25, 0.3) is 5.91 Å². The fraction of sp³-hybridized carbons (Fsp3) is 0.333. The van der Waals surface area contributed by atoms with Gasteiger partial charge in [-0.25, -0.2) is 13.1 Å². The Morgan fingerprint density at radius 3 is 2.45 bits per heavy atom. The molecule has 0 atom stereocenters. The van der Waals surface area contributed by atoms with Gasteiger partial charge >= 0.3 is 0 Å². The number of benzene rings is 2. The smallest absolute Gasteiger partial charge is 0.256 e. The largest absolute Gasteiger partial charge is 0.306 e. The number of hydrogen-bond donors (Lipinski definition) is 1. The zero-order valence-electron chi connectivity index (χ0n) is 19.3. The van der Waals surface area contributed by atoms with E-state index in [1.165, 1.54) is 16.4 Å². The lowest BCUT2D eigenvalue weighted by molar-refractivity contribution is 0.102. The van der Waals surface area contributed by atoms with E-state index >= 15 is 0 Å². The first-order valence-corrected chi connectivity index (χ1v) is 13.5. The van der Waals surface area contributed by atoms with Crippen LogP contribution in [0.5, 0.6) is 0 Å². The highest BCUT2D eigenvalue weighted by Crippen LogP contribution is 2.37. The molecular formula is C24H28N4O3S2. The van der Waals surface area contributed by atoms with E-state index in [2.05, 4.69) is 18.3 Å². The van der Waals surface area contributed by atoms with Crippen LogP contribution in [0.2, 0.25) is 0 Å². The predicted molar refractivity (Wildman–Crippen MR) is 133 cm³/mol. The van der Waals surface area contributed by atoms with Crippen molar-refractivity contribution in [1.82, 2.24) is 14.1 Å². The lowest BCUT2D eigenvalue weighted by Crippen LogP contribution is -2.30. The number of carbonyl (C=O) groups excluding carboxylic acids is 1. The molecule has 1 N–H and O–H groups in total. The van der Waals surface area contributed by atoms with Gasteiger partial charge in [-0.1, -0.05) is 26.0 Å². The summed E-state index contributed by atoms with van der Waals surface area (Å²) in [7, 11) is -3.57. The van der Waals surface area contributed by atoms with Crippen LogP contribution in [0.25, 0.3) is 5.69 Å². The van der Waals surface area contributed by atoms with Gasteiger partial charge in [0.05, 0.1) is 16.3 Å². The summed E-state index contributed by atoms with van der Waals surface area (Å²) in [6.07, 6.45) is 0. The molecule has 3 aromatic rings. The van der Waals surface area contributed by atoms with E-state index in [0.29, 0.717) is 24.5 Å². The Labute approximate surface area is 199 Å². The number of thioether (sulfide) groups is 1. The van der Waals surface area contributed by atoms with Crippen LogP contribution in [0, 0.1) is 13.8 Å². The Hall–Kier alpha value is -2.62. The number of amides is 1. The first kappa shape index (κ1) is 23.5. The first-order valence-electron chi connectivity index (χ1n) is 10.9. The molecule has 4 rings (SSSR count). The summed E-state index contributed by atoms with van der Waals surface area (Å²) in [5, 5.41) is 7.83. The number of aromatic nitrogens is 2. The fourth-order valence-electron chi connectivity index (χ4n) is 3.95. The van der Waals surface area contributed by atoms with Crippen molar-refractivity contribution in [2.24, 2.45) is 0 Å². The summed E-state index contributed by atoms with van der Waals surface area (Å²) in [5.41, 5.74) is 5.60. The molecule has 2 aromatic carbocycles. The van der Waals surface area contributed by atoms with Crippen molar-refractivity contribution < 1.29 is 13.2 Å². The number of anilines is 1. The predicted octanol–water partition coefficient (Wildman–Crippen LogP) is 4.52. The molecule has 2 heterocycles. The van der Waals surface area contributed by atoms with Gasteiger partial charge in [-0.05, 0) is 55.3 Å². The summed E-state index contributed by atoms with van der Waals surface area (Å²) in [5.74, 6) is 1.98. The lowest BCUT2D eigenvalue weighted by Gasteiger charge is -2.18. The van der Waals surface area contributed by atoms with Gasteiger partial charge in [-0.2, -0.15) is 21.2 Å². The zero-order chi connectivity index (χ0) is 23.8.